The Labute approximate surface area is 233 Å². The number of hydrogen-bond donors (Lipinski definition) is 0. The lowest BCUT2D eigenvalue weighted by Crippen LogP contribution is -2.19. The normalized spacial score (nSPS) is 11.4. The molecule has 2 heterocycles. The van der Waals surface area contributed by atoms with Crippen LogP contribution in [0.4, 0.5) is 0 Å². The van der Waals surface area contributed by atoms with Gasteiger partial charge in [-0.2, -0.15) is 10.5 Å². The van der Waals surface area contributed by atoms with Gasteiger partial charge in [0.15, 0.2) is 10.9 Å². The van der Waals surface area contributed by atoms with Gasteiger partial charge in [0.05, 0.1) is 49.0 Å². The van der Waals surface area contributed by atoms with E-state index in [1.54, 1.807) is 88.4 Å². The van der Waals surface area contributed by atoms with Crippen molar-refractivity contribution in [3.05, 3.63) is 82.5 Å². The maximum atomic E-state index is 13.2. The summed E-state index contributed by atoms with van der Waals surface area (Å²) in [6.45, 7) is 7.51. The minimum absolute atomic E-state index is 0.112. The van der Waals surface area contributed by atoms with Gasteiger partial charge in [-0.3, -0.25) is 9.13 Å². The molecule has 0 amide bonds. The first kappa shape index (κ1) is 31.1. The molecule has 1 aromatic carbocycles. The molecule has 0 saturated heterocycles. The van der Waals surface area contributed by atoms with Crippen molar-refractivity contribution in [3.63, 3.8) is 0 Å². The number of hydrogen-bond acceptors (Lipinski definition) is 10. The van der Waals surface area contributed by atoms with Crippen LogP contribution >= 0.6 is 15.2 Å². The van der Waals surface area contributed by atoms with Crippen molar-refractivity contribution in [3.8, 4) is 12.1 Å². The maximum Gasteiger partial charge on any atom is 0.379 e. The molecule has 0 unspecified atom stereocenters. The number of benzene rings is 1. The molecule has 40 heavy (non-hydrogen) atoms. The predicted octanol–water partition coefficient (Wildman–Crippen LogP) is 3.70. The number of aromatic nitrogens is 2. The number of nitriles is 2. The van der Waals surface area contributed by atoms with Crippen molar-refractivity contribution in [1.82, 2.24) is 9.97 Å². The first-order valence-corrected chi connectivity index (χ1v) is 15.8. The van der Waals surface area contributed by atoms with Gasteiger partial charge in [-0.15, -0.1) is 0 Å². The molecule has 0 spiro atoms. The Hall–Kier alpha value is -3.46. The lowest BCUT2D eigenvalue weighted by Gasteiger charge is -2.16. The van der Waals surface area contributed by atoms with Crippen LogP contribution in [0.5, 0.6) is 0 Å². The second-order valence-electron chi connectivity index (χ2n) is 7.98. The molecule has 0 aliphatic rings. The highest BCUT2D eigenvalue weighted by molar-refractivity contribution is 7.62. The third-order valence-electron chi connectivity index (χ3n) is 5.42. The van der Waals surface area contributed by atoms with Crippen molar-refractivity contribution >= 4 is 37.2 Å². The van der Waals surface area contributed by atoms with Crippen LogP contribution in [-0.4, -0.2) is 36.4 Å². The Bertz CT molecular complexity index is 1500. The molecule has 0 aliphatic heterocycles. The molecule has 0 N–H and O–H groups in total. The van der Waals surface area contributed by atoms with Gasteiger partial charge in [0.2, 0.25) is 0 Å². The van der Waals surface area contributed by atoms with Crippen LogP contribution in [0.2, 0.25) is 0 Å². The summed E-state index contributed by atoms with van der Waals surface area (Å²) in [6.07, 6.45) is 0. The Morgan fingerprint density at radius 2 is 0.950 bits per heavy atom. The average Bonchev–Trinajstić information content (AvgIpc) is 2.96. The van der Waals surface area contributed by atoms with Crippen LogP contribution < -0.4 is 21.3 Å². The van der Waals surface area contributed by atoms with E-state index in [1.807, 2.05) is 0 Å². The van der Waals surface area contributed by atoms with E-state index >= 15 is 0 Å². The van der Waals surface area contributed by atoms with E-state index < -0.39 is 15.2 Å². The van der Waals surface area contributed by atoms with E-state index in [1.165, 1.54) is 0 Å². The van der Waals surface area contributed by atoms with E-state index in [2.05, 4.69) is 22.1 Å². The first-order chi connectivity index (χ1) is 19.3. The third-order valence-corrected chi connectivity index (χ3v) is 9.44. The Balaban J connectivity index is 2.12. The van der Waals surface area contributed by atoms with Crippen LogP contribution in [0, 0.1) is 22.7 Å². The Morgan fingerprint density at radius 3 is 1.23 bits per heavy atom. The van der Waals surface area contributed by atoms with Gasteiger partial charge >= 0.3 is 15.2 Å². The largest absolute Gasteiger partial charge is 0.379 e. The van der Waals surface area contributed by atoms with E-state index in [0.717, 1.165) is 0 Å². The lowest BCUT2D eigenvalue weighted by atomic mass is 10.1. The van der Waals surface area contributed by atoms with E-state index in [0.29, 0.717) is 21.8 Å². The Kier molecular flexibility index (Phi) is 11.1. The predicted molar refractivity (Wildman–Crippen MR) is 151 cm³/mol. The second-order valence-corrected chi connectivity index (χ2v) is 11.9. The standard InChI is InChI=1S/C28H30N4O6P2/c1-5-35-39(33,36-6-2)27-13-9-11-25(31-27)23(19-29)21-15-17-22(18-16-21)24(20-30)26-12-10-14-28(32-26)40(34,37-7-3)38-8-4/h9-18H,5-8H2,1-4H3. The summed E-state index contributed by atoms with van der Waals surface area (Å²) in [5, 5.41) is 21.0. The molecule has 12 heteroatoms. The quantitative estimate of drug-likeness (QED) is 0.291. The molecular formula is C28H30N4O6P2. The van der Waals surface area contributed by atoms with Crippen molar-refractivity contribution in [2.24, 2.45) is 0 Å². The minimum atomic E-state index is -3.64. The van der Waals surface area contributed by atoms with Crippen LogP contribution in [0.15, 0.2) is 60.7 Å². The van der Waals surface area contributed by atoms with E-state index in [4.69, 9.17) is 18.1 Å². The summed E-state index contributed by atoms with van der Waals surface area (Å²) in [6, 6.07) is 20.7. The highest BCUT2D eigenvalue weighted by Gasteiger charge is 2.30. The fraction of sp³-hybridized carbons (Fsp3) is 0.286. The van der Waals surface area contributed by atoms with Gasteiger partial charge < -0.3 is 18.1 Å². The summed E-state index contributed by atoms with van der Waals surface area (Å²) in [7, 11) is -7.29. The zero-order valence-corrected chi connectivity index (χ0v) is 24.5. The lowest BCUT2D eigenvalue weighted by molar-refractivity contribution is 0.228. The molecule has 3 rings (SSSR count). The van der Waals surface area contributed by atoms with Gasteiger partial charge in [-0.1, -0.05) is 36.4 Å². The summed E-state index contributed by atoms with van der Waals surface area (Å²) < 4.78 is 47.9. The monoisotopic (exact) mass is 580 g/mol. The maximum absolute atomic E-state index is 13.2. The first-order valence-electron chi connectivity index (χ1n) is 12.7. The molecule has 2 aromatic heterocycles. The zero-order chi connectivity index (χ0) is 29.2. The molecule has 0 bridgehead atoms. The fourth-order valence-corrected chi connectivity index (χ4v) is 6.83. The number of nitrogens with zero attached hydrogens (tertiary/aromatic N) is 4. The SMILES string of the molecule is CCOP(=O)(OCC)c1cccc(C(C#N)=c2ccc(=C(C#N)c3cccc(P(=O)(OCC)OCC)n3)cc2)n1. The molecule has 0 saturated carbocycles. The van der Waals surface area contributed by atoms with Crippen molar-refractivity contribution < 1.29 is 27.2 Å². The summed E-state index contributed by atoms with van der Waals surface area (Å²) in [5.41, 5.74) is 1.30. The highest BCUT2D eigenvalue weighted by Crippen LogP contribution is 2.47. The summed E-state index contributed by atoms with van der Waals surface area (Å²) in [5.74, 6) is 0. The van der Waals surface area contributed by atoms with Crippen LogP contribution in [0.1, 0.15) is 39.1 Å². The minimum Gasteiger partial charge on any atom is -0.304 e. The smallest absolute Gasteiger partial charge is 0.304 e. The molecule has 208 valence electrons. The van der Waals surface area contributed by atoms with Crippen molar-refractivity contribution in [2.45, 2.75) is 27.7 Å². The van der Waals surface area contributed by atoms with Gasteiger partial charge in [0, 0.05) is 0 Å². The van der Waals surface area contributed by atoms with Crippen LogP contribution in [0.25, 0.3) is 11.1 Å². The molecule has 3 aromatic rings. The summed E-state index contributed by atoms with van der Waals surface area (Å²) in [4.78, 5) is 8.85. The van der Waals surface area contributed by atoms with Crippen LogP contribution in [-0.2, 0) is 27.2 Å². The molecule has 0 radical (unpaired) electrons. The van der Waals surface area contributed by atoms with Gasteiger partial charge in [-0.25, -0.2) is 9.97 Å². The fourth-order valence-electron chi connectivity index (χ4n) is 3.79. The van der Waals surface area contributed by atoms with Gasteiger partial charge in [-0.05, 0) is 62.4 Å². The number of pyridine rings is 2. The summed E-state index contributed by atoms with van der Waals surface area (Å²) >= 11 is 0. The number of rotatable bonds is 12. The van der Waals surface area contributed by atoms with Crippen molar-refractivity contribution in [1.29, 1.82) is 10.5 Å². The van der Waals surface area contributed by atoms with Gasteiger partial charge in [0.1, 0.15) is 12.1 Å². The second kappa shape index (κ2) is 14.3. The van der Waals surface area contributed by atoms with Crippen molar-refractivity contribution in [2.75, 3.05) is 26.4 Å². The molecular weight excluding hydrogens is 550 g/mol. The average molecular weight is 581 g/mol. The van der Waals surface area contributed by atoms with Gasteiger partial charge in [0.25, 0.3) is 0 Å². The van der Waals surface area contributed by atoms with Crippen LogP contribution in [0.3, 0.4) is 0 Å². The molecule has 0 atom stereocenters. The Morgan fingerprint density at radius 1 is 0.625 bits per heavy atom. The third kappa shape index (κ3) is 6.99. The molecule has 0 fully saturated rings. The molecule has 10 nitrogen and oxygen atoms in total. The van der Waals surface area contributed by atoms with E-state index in [9.17, 15) is 19.7 Å². The molecule has 0 aliphatic carbocycles. The highest BCUT2D eigenvalue weighted by atomic mass is 31.2. The van der Waals surface area contributed by atoms with E-state index in [-0.39, 0.29) is 48.4 Å². The topological polar surface area (TPSA) is 144 Å². The zero-order valence-electron chi connectivity index (χ0n) is 22.7.